The molecule has 174 valence electrons. The zero-order valence-corrected chi connectivity index (χ0v) is 19.4. The normalized spacial score (nSPS) is 18.8. The van der Waals surface area contributed by atoms with Crippen LogP contribution in [0, 0.1) is 21.3 Å². The van der Waals surface area contributed by atoms with E-state index >= 15 is 0 Å². The van der Waals surface area contributed by atoms with Crippen LogP contribution in [0.25, 0.3) is 0 Å². The maximum Gasteiger partial charge on any atom is 0.269 e. The predicted molar refractivity (Wildman–Crippen MR) is 126 cm³/mol. The number of nitro benzene ring substituents is 1. The van der Waals surface area contributed by atoms with E-state index in [0.29, 0.717) is 46.4 Å². The van der Waals surface area contributed by atoms with E-state index in [1.807, 2.05) is 13.8 Å². The zero-order chi connectivity index (χ0) is 24.0. The van der Waals surface area contributed by atoms with Gasteiger partial charge in [0.15, 0.2) is 5.78 Å². The maximum absolute atomic E-state index is 14.0. The van der Waals surface area contributed by atoms with E-state index in [1.165, 1.54) is 30.0 Å². The number of rotatable bonds is 5. The first-order valence-electron chi connectivity index (χ1n) is 10.8. The molecule has 0 unspecified atom stereocenters. The molecule has 2 aliphatic rings. The summed E-state index contributed by atoms with van der Waals surface area (Å²) in [4.78, 5) is 28.5. The molecule has 0 bridgehead atoms. The number of hydrogen-bond donors (Lipinski definition) is 1. The second-order valence-corrected chi connectivity index (χ2v) is 10.2. The number of thioether (sulfide) groups is 1. The molecule has 0 fully saturated rings. The van der Waals surface area contributed by atoms with E-state index in [0.717, 1.165) is 5.70 Å². The minimum atomic E-state index is -0.550. The monoisotopic (exact) mass is 479 g/mol. The fourth-order valence-electron chi connectivity index (χ4n) is 4.49. The molecular weight excluding hydrogens is 457 g/mol. The van der Waals surface area contributed by atoms with Crippen molar-refractivity contribution in [1.82, 2.24) is 14.8 Å². The molecule has 1 aliphatic heterocycles. The fraction of sp³-hybridized carbons (Fsp3) is 0.292. The molecule has 8 nitrogen and oxygen atoms in total. The Morgan fingerprint density at radius 3 is 2.65 bits per heavy atom. The molecule has 2 aromatic carbocycles. The lowest BCUT2D eigenvalue weighted by atomic mass is 9.73. The van der Waals surface area contributed by atoms with Gasteiger partial charge in [-0.25, -0.2) is 9.07 Å². The van der Waals surface area contributed by atoms with Crippen molar-refractivity contribution in [1.29, 1.82) is 0 Å². The number of carbonyl (C=O) groups is 1. The lowest BCUT2D eigenvalue weighted by Crippen LogP contribution is -2.36. The molecule has 0 spiro atoms. The van der Waals surface area contributed by atoms with Gasteiger partial charge in [0.1, 0.15) is 11.9 Å². The van der Waals surface area contributed by atoms with Gasteiger partial charge in [0.2, 0.25) is 11.1 Å². The number of non-ortho nitro benzene ring substituents is 1. The molecule has 1 aliphatic carbocycles. The van der Waals surface area contributed by atoms with Crippen molar-refractivity contribution in [2.45, 2.75) is 43.6 Å². The first-order valence-corrected chi connectivity index (χ1v) is 11.8. The van der Waals surface area contributed by atoms with Gasteiger partial charge in [-0.3, -0.25) is 14.9 Å². The third-order valence-corrected chi connectivity index (χ3v) is 6.93. The number of nitrogens with zero attached hydrogens (tertiary/aromatic N) is 4. The highest BCUT2D eigenvalue weighted by Crippen LogP contribution is 2.45. The van der Waals surface area contributed by atoms with Crippen molar-refractivity contribution in [2.24, 2.45) is 5.41 Å². The van der Waals surface area contributed by atoms with Crippen molar-refractivity contribution in [2.75, 3.05) is 5.32 Å². The molecule has 0 saturated heterocycles. The number of carbonyl (C=O) groups excluding carboxylic acids is 1. The number of ketones is 1. The summed E-state index contributed by atoms with van der Waals surface area (Å²) < 4.78 is 15.7. The molecule has 2 heterocycles. The maximum atomic E-state index is 14.0. The van der Waals surface area contributed by atoms with Crippen LogP contribution in [0.5, 0.6) is 0 Å². The van der Waals surface area contributed by atoms with Crippen LogP contribution < -0.4 is 5.32 Å². The minimum Gasteiger partial charge on any atom is -0.328 e. The van der Waals surface area contributed by atoms with Crippen LogP contribution in [0.1, 0.15) is 43.9 Å². The molecule has 3 aromatic rings. The van der Waals surface area contributed by atoms with Crippen molar-refractivity contribution in [3.05, 3.63) is 86.9 Å². The van der Waals surface area contributed by atoms with Crippen LogP contribution in [0.15, 0.2) is 65.0 Å². The van der Waals surface area contributed by atoms with Gasteiger partial charge in [-0.15, -0.1) is 5.10 Å². The van der Waals surface area contributed by atoms with Gasteiger partial charge in [-0.1, -0.05) is 43.8 Å². The van der Waals surface area contributed by atoms with Gasteiger partial charge >= 0.3 is 0 Å². The summed E-state index contributed by atoms with van der Waals surface area (Å²) >= 11 is 1.30. The molecule has 34 heavy (non-hydrogen) atoms. The second kappa shape index (κ2) is 8.35. The third-order valence-electron chi connectivity index (χ3n) is 6.05. The number of Topliss-reactive ketones (excluding diaryl/α,β-unsaturated/α-hetero) is 1. The Morgan fingerprint density at radius 2 is 1.94 bits per heavy atom. The van der Waals surface area contributed by atoms with Crippen LogP contribution in [-0.2, 0) is 10.5 Å². The summed E-state index contributed by atoms with van der Waals surface area (Å²) in [6, 6.07) is 12.2. The van der Waals surface area contributed by atoms with Crippen LogP contribution in [0.2, 0.25) is 0 Å². The molecule has 0 saturated carbocycles. The third kappa shape index (κ3) is 4.09. The summed E-state index contributed by atoms with van der Waals surface area (Å²) in [6.07, 6.45) is 1.07. The highest BCUT2D eigenvalue weighted by Gasteiger charge is 2.42. The first kappa shape index (κ1) is 22.3. The topological polar surface area (TPSA) is 103 Å². The Morgan fingerprint density at radius 1 is 1.21 bits per heavy atom. The predicted octanol–water partition coefficient (Wildman–Crippen LogP) is 5.28. The highest BCUT2D eigenvalue weighted by molar-refractivity contribution is 7.98. The number of anilines is 1. The van der Waals surface area contributed by atoms with E-state index in [1.54, 1.807) is 35.0 Å². The SMILES string of the molecule is CC1(C)CC(=O)C2=C(C1)Nc1nc(SCc3ccccc3F)nn1[C@@H]2c1ccc([N+](=O)[O-])cc1. The minimum absolute atomic E-state index is 0.0174. The van der Waals surface area contributed by atoms with Gasteiger partial charge in [-0.2, -0.15) is 4.98 Å². The lowest BCUT2D eigenvalue weighted by Gasteiger charge is -2.38. The fourth-order valence-corrected chi connectivity index (χ4v) is 5.31. The van der Waals surface area contributed by atoms with Crippen molar-refractivity contribution in [3.63, 3.8) is 0 Å². The van der Waals surface area contributed by atoms with E-state index < -0.39 is 11.0 Å². The number of nitro groups is 1. The van der Waals surface area contributed by atoms with Gasteiger partial charge in [0, 0.05) is 35.6 Å². The number of halogens is 1. The van der Waals surface area contributed by atoms with E-state index in [9.17, 15) is 19.3 Å². The molecule has 1 aromatic heterocycles. The Balaban J connectivity index is 1.54. The van der Waals surface area contributed by atoms with E-state index in [2.05, 4.69) is 15.4 Å². The van der Waals surface area contributed by atoms with Crippen LogP contribution in [-0.4, -0.2) is 25.5 Å². The van der Waals surface area contributed by atoms with E-state index in [-0.39, 0.29) is 22.7 Å². The molecule has 0 radical (unpaired) electrons. The number of nitrogens with one attached hydrogen (secondary N) is 1. The Bertz CT molecular complexity index is 1330. The number of hydrogen-bond acceptors (Lipinski definition) is 7. The molecule has 1 N–H and O–H groups in total. The molecule has 10 heteroatoms. The van der Waals surface area contributed by atoms with Gasteiger partial charge in [0.05, 0.1) is 4.92 Å². The largest absolute Gasteiger partial charge is 0.328 e. The van der Waals surface area contributed by atoms with Crippen LogP contribution in [0.4, 0.5) is 16.0 Å². The standard InChI is InChI=1S/C24H22FN5O3S/c1-24(2)11-18-20(19(31)12-24)21(14-7-9-16(10-8-14)30(32)33)29-22(26-18)27-23(28-29)34-13-15-5-3-4-6-17(15)25/h3-10,21H,11-13H2,1-2H3,(H,26,27,28)/t21-/m1/s1. The number of benzene rings is 2. The number of fused-ring (bicyclic) bond motifs is 1. The molecule has 1 atom stereocenters. The Hall–Kier alpha value is -3.53. The van der Waals surface area contributed by atoms with Crippen LogP contribution in [0.3, 0.4) is 0 Å². The summed E-state index contributed by atoms with van der Waals surface area (Å²) in [5.41, 5.74) is 2.45. The van der Waals surface area contributed by atoms with Crippen molar-refractivity contribution < 1.29 is 14.1 Å². The zero-order valence-electron chi connectivity index (χ0n) is 18.6. The average Bonchev–Trinajstić information content (AvgIpc) is 3.19. The van der Waals surface area contributed by atoms with Gasteiger partial charge in [0.25, 0.3) is 5.69 Å². The summed E-state index contributed by atoms with van der Waals surface area (Å²) in [5, 5.41) is 19.5. The second-order valence-electron chi connectivity index (χ2n) is 9.25. The van der Waals surface area contributed by atoms with Crippen LogP contribution >= 0.6 is 11.8 Å². The number of aromatic nitrogens is 3. The summed E-state index contributed by atoms with van der Waals surface area (Å²) in [5.74, 6) is 0.579. The quantitative estimate of drug-likeness (QED) is 0.302. The molecular formula is C24H22FN5O3S. The smallest absolute Gasteiger partial charge is 0.269 e. The first-order chi connectivity index (χ1) is 16.2. The van der Waals surface area contributed by atoms with Crippen molar-refractivity contribution in [3.8, 4) is 0 Å². The lowest BCUT2D eigenvalue weighted by molar-refractivity contribution is -0.384. The number of allylic oxidation sites excluding steroid dienone is 2. The van der Waals surface area contributed by atoms with E-state index in [4.69, 9.17) is 0 Å². The Labute approximate surface area is 199 Å². The Kier molecular flexibility index (Phi) is 5.47. The van der Waals surface area contributed by atoms with Crippen molar-refractivity contribution >= 4 is 29.2 Å². The molecule has 5 rings (SSSR count). The highest BCUT2D eigenvalue weighted by atomic mass is 32.2. The van der Waals surface area contributed by atoms with Gasteiger partial charge < -0.3 is 5.32 Å². The summed E-state index contributed by atoms with van der Waals surface area (Å²) in [7, 11) is 0. The van der Waals surface area contributed by atoms with Gasteiger partial charge in [-0.05, 0) is 41.2 Å². The summed E-state index contributed by atoms with van der Waals surface area (Å²) in [6.45, 7) is 4.10. The average molecular weight is 480 g/mol. The molecule has 0 amide bonds.